The molecule has 6 heteroatoms. The minimum absolute atomic E-state index is 0.267. The van der Waals surface area contributed by atoms with Gasteiger partial charge in [0.25, 0.3) is 0 Å². The molecule has 5 nitrogen and oxygen atoms in total. The van der Waals surface area contributed by atoms with Gasteiger partial charge in [-0.05, 0) is 18.2 Å². The first-order valence-electron chi connectivity index (χ1n) is 4.32. The number of hydrogen-bond acceptors (Lipinski definition) is 6. The zero-order chi connectivity index (χ0) is 10.3. The number of ether oxygens (including phenoxy) is 2. The molecule has 0 radical (unpaired) electrons. The molecule has 1 aliphatic rings. The third kappa shape index (κ3) is 1.30. The predicted octanol–water partition coefficient (Wildman–Crippen LogP) is 1.52. The molecule has 2 heterocycles. The largest absolute Gasteiger partial charge is 0.454 e. The Morgan fingerprint density at radius 1 is 1.20 bits per heavy atom. The maximum Gasteiger partial charge on any atom is 0.231 e. The summed E-state index contributed by atoms with van der Waals surface area (Å²) in [6.07, 6.45) is 0. The van der Waals surface area contributed by atoms with Crippen molar-refractivity contribution in [1.29, 1.82) is 0 Å². The molecule has 15 heavy (non-hydrogen) atoms. The molecular weight excluding hydrogens is 214 g/mol. The van der Waals surface area contributed by atoms with Crippen molar-refractivity contribution in [3.05, 3.63) is 18.2 Å². The maximum atomic E-state index is 5.68. The number of benzene rings is 1. The van der Waals surface area contributed by atoms with E-state index in [0.29, 0.717) is 11.5 Å². The number of nitrogen functional groups attached to an aromatic ring is 1. The maximum absolute atomic E-state index is 5.68. The normalized spacial score (nSPS) is 13.1. The summed E-state index contributed by atoms with van der Waals surface area (Å²) in [5.74, 6) is 1.92. The van der Waals surface area contributed by atoms with E-state index in [9.17, 15) is 0 Å². The smallest absolute Gasteiger partial charge is 0.231 e. The molecule has 0 atom stereocenters. The van der Waals surface area contributed by atoms with E-state index >= 15 is 0 Å². The van der Waals surface area contributed by atoms with Gasteiger partial charge in [-0.25, -0.2) is 0 Å². The summed E-state index contributed by atoms with van der Waals surface area (Å²) >= 11 is 1.10. The molecule has 0 aliphatic carbocycles. The summed E-state index contributed by atoms with van der Waals surface area (Å²) in [5, 5.41) is 0. The van der Waals surface area contributed by atoms with Crippen molar-refractivity contribution in [3.8, 4) is 22.8 Å². The van der Waals surface area contributed by atoms with Crippen LogP contribution < -0.4 is 15.2 Å². The van der Waals surface area contributed by atoms with Gasteiger partial charge in [0, 0.05) is 5.56 Å². The lowest BCUT2D eigenvalue weighted by atomic mass is 10.1. The van der Waals surface area contributed by atoms with E-state index in [-0.39, 0.29) is 6.79 Å². The van der Waals surface area contributed by atoms with Crippen molar-refractivity contribution in [2.75, 3.05) is 12.5 Å². The zero-order valence-corrected chi connectivity index (χ0v) is 8.45. The molecule has 1 aromatic heterocycles. The molecule has 2 aromatic rings. The van der Waals surface area contributed by atoms with Gasteiger partial charge in [0.15, 0.2) is 17.3 Å². The highest BCUT2D eigenvalue weighted by molar-refractivity contribution is 6.99. The van der Waals surface area contributed by atoms with Crippen LogP contribution in [0.15, 0.2) is 18.2 Å². The van der Waals surface area contributed by atoms with Gasteiger partial charge in [0.1, 0.15) is 5.69 Å². The lowest BCUT2D eigenvalue weighted by Crippen LogP contribution is -1.92. The van der Waals surface area contributed by atoms with Crippen molar-refractivity contribution in [1.82, 2.24) is 8.75 Å². The van der Waals surface area contributed by atoms with Crippen molar-refractivity contribution in [2.24, 2.45) is 0 Å². The number of nitrogens with two attached hydrogens (primary N) is 1. The van der Waals surface area contributed by atoms with E-state index in [1.54, 1.807) is 0 Å². The van der Waals surface area contributed by atoms with Crippen LogP contribution in [-0.4, -0.2) is 15.5 Å². The first-order valence-corrected chi connectivity index (χ1v) is 5.05. The van der Waals surface area contributed by atoms with Crippen LogP contribution in [0.4, 0.5) is 5.82 Å². The van der Waals surface area contributed by atoms with Crippen LogP contribution in [-0.2, 0) is 0 Å². The van der Waals surface area contributed by atoms with Crippen LogP contribution in [0.25, 0.3) is 11.3 Å². The first kappa shape index (κ1) is 8.49. The van der Waals surface area contributed by atoms with Crippen LogP contribution in [0.5, 0.6) is 11.5 Å². The quantitative estimate of drug-likeness (QED) is 0.790. The number of rotatable bonds is 1. The Morgan fingerprint density at radius 3 is 2.87 bits per heavy atom. The summed E-state index contributed by atoms with van der Waals surface area (Å²) in [4.78, 5) is 0. The molecule has 2 N–H and O–H groups in total. The van der Waals surface area contributed by atoms with Crippen LogP contribution >= 0.6 is 11.7 Å². The second kappa shape index (κ2) is 3.09. The fourth-order valence-electron chi connectivity index (χ4n) is 1.44. The minimum atomic E-state index is 0.267. The summed E-state index contributed by atoms with van der Waals surface area (Å²) in [7, 11) is 0. The van der Waals surface area contributed by atoms with E-state index in [1.165, 1.54) is 0 Å². The molecule has 0 unspecified atom stereocenters. The molecule has 0 amide bonds. The molecule has 1 aromatic carbocycles. The van der Waals surface area contributed by atoms with Gasteiger partial charge in [-0.3, -0.25) is 0 Å². The summed E-state index contributed by atoms with van der Waals surface area (Å²) in [5.41, 5.74) is 7.27. The second-order valence-corrected chi connectivity index (χ2v) is 3.59. The predicted molar refractivity (Wildman–Crippen MR) is 55.9 cm³/mol. The average Bonchev–Trinajstić information content (AvgIpc) is 2.84. The number of aromatic nitrogens is 2. The molecular formula is C9H7N3O2S. The monoisotopic (exact) mass is 221 g/mol. The first-order chi connectivity index (χ1) is 7.34. The molecule has 0 fully saturated rings. The van der Waals surface area contributed by atoms with E-state index in [0.717, 1.165) is 28.8 Å². The van der Waals surface area contributed by atoms with Crippen LogP contribution in [0.3, 0.4) is 0 Å². The van der Waals surface area contributed by atoms with Gasteiger partial charge in [-0.1, -0.05) is 0 Å². The fraction of sp³-hybridized carbons (Fsp3) is 0.111. The van der Waals surface area contributed by atoms with Crippen molar-refractivity contribution in [2.45, 2.75) is 0 Å². The molecule has 3 rings (SSSR count). The molecule has 0 saturated heterocycles. The van der Waals surface area contributed by atoms with Crippen molar-refractivity contribution in [3.63, 3.8) is 0 Å². The van der Waals surface area contributed by atoms with E-state index in [2.05, 4.69) is 8.75 Å². The summed E-state index contributed by atoms with van der Waals surface area (Å²) < 4.78 is 18.5. The van der Waals surface area contributed by atoms with Crippen LogP contribution in [0, 0.1) is 0 Å². The highest BCUT2D eigenvalue weighted by atomic mass is 32.1. The Balaban J connectivity index is 2.11. The topological polar surface area (TPSA) is 70.3 Å². The molecule has 0 bridgehead atoms. The third-order valence-electron chi connectivity index (χ3n) is 2.16. The average molecular weight is 221 g/mol. The summed E-state index contributed by atoms with van der Waals surface area (Å²) in [6.45, 7) is 0.267. The van der Waals surface area contributed by atoms with Crippen LogP contribution in [0.1, 0.15) is 0 Å². The highest BCUT2D eigenvalue weighted by Gasteiger charge is 2.16. The minimum Gasteiger partial charge on any atom is -0.454 e. The molecule has 0 saturated carbocycles. The van der Waals surface area contributed by atoms with E-state index in [1.807, 2.05) is 18.2 Å². The summed E-state index contributed by atoms with van der Waals surface area (Å²) in [6, 6.07) is 5.59. The standard InChI is InChI=1S/C9H7N3O2S/c10-9-8(11-15-12-9)5-1-2-6-7(3-5)14-4-13-6/h1-3H,4H2,(H2,10,12). The molecule has 1 aliphatic heterocycles. The van der Waals surface area contributed by atoms with Gasteiger partial charge in [0.2, 0.25) is 6.79 Å². The Morgan fingerprint density at radius 2 is 2.07 bits per heavy atom. The lowest BCUT2D eigenvalue weighted by Gasteiger charge is -1.99. The van der Waals surface area contributed by atoms with Crippen molar-refractivity contribution < 1.29 is 9.47 Å². The Bertz CT molecular complexity index is 512. The van der Waals surface area contributed by atoms with Gasteiger partial charge in [-0.2, -0.15) is 8.75 Å². The van der Waals surface area contributed by atoms with Gasteiger partial charge in [-0.15, -0.1) is 0 Å². The molecule has 76 valence electrons. The highest BCUT2D eigenvalue weighted by Crippen LogP contribution is 2.36. The SMILES string of the molecule is Nc1nsnc1-c1ccc2c(c1)OCO2. The number of hydrogen-bond donors (Lipinski definition) is 1. The van der Waals surface area contributed by atoms with E-state index in [4.69, 9.17) is 15.2 Å². The van der Waals surface area contributed by atoms with Gasteiger partial charge >= 0.3 is 0 Å². The lowest BCUT2D eigenvalue weighted by molar-refractivity contribution is 0.174. The Hall–Kier alpha value is -1.82. The molecule has 0 spiro atoms. The number of nitrogens with zero attached hydrogens (tertiary/aromatic N) is 2. The van der Waals surface area contributed by atoms with Crippen molar-refractivity contribution >= 4 is 17.5 Å². The fourth-order valence-corrected chi connectivity index (χ4v) is 1.94. The van der Waals surface area contributed by atoms with Crippen LogP contribution in [0.2, 0.25) is 0 Å². The zero-order valence-electron chi connectivity index (χ0n) is 7.64. The van der Waals surface area contributed by atoms with E-state index < -0.39 is 0 Å². The second-order valence-electron chi connectivity index (χ2n) is 3.07. The number of fused-ring (bicyclic) bond motifs is 1. The van der Waals surface area contributed by atoms with Gasteiger partial charge < -0.3 is 15.2 Å². The number of anilines is 1. The Labute approximate surface area is 89.8 Å². The third-order valence-corrected chi connectivity index (χ3v) is 2.70. The Kier molecular flexibility index (Phi) is 1.75. The van der Waals surface area contributed by atoms with Gasteiger partial charge in [0.05, 0.1) is 11.7 Å².